The van der Waals surface area contributed by atoms with Gasteiger partial charge in [0.05, 0.1) is 0 Å². The molecule has 2 rings (SSSR count). The normalized spacial score (nSPS) is 31.8. The molecule has 0 aliphatic carbocycles. The molecule has 0 unspecified atom stereocenters. The second-order valence-corrected chi connectivity index (χ2v) is 18.6. The summed E-state index contributed by atoms with van der Waals surface area (Å²) in [5.41, 5.74) is -0.344. The van der Waals surface area contributed by atoms with Gasteiger partial charge in [0.15, 0.2) is 0 Å². The van der Waals surface area contributed by atoms with Crippen LogP contribution in [0.3, 0.4) is 0 Å². The SMILES string of the molecule is CC1(C)COP(=O)([Se]P2(=O)OCC(C)(C)CO2)OC1. The van der Waals surface area contributed by atoms with Crippen LogP contribution in [0, 0.1) is 10.8 Å². The monoisotopic (exact) mass is 378 g/mol. The Morgan fingerprint density at radius 3 is 1.26 bits per heavy atom. The molecule has 0 atom stereocenters. The molecule has 2 heterocycles. The summed E-state index contributed by atoms with van der Waals surface area (Å²) in [7, 11) is 0. The third-order valence-corrected chi connectivity index (χ3v) is 16.2. The first-order chi connectivity index (χ1) is 8.54. The topological polar surface area (TPSA) is 71.1 Å². The molecule has 2 saturated heterocycles. The second kappa shape index (κ2) is 5.22. The molecule has 9 heteroatoms. The molecule has 2 fully saturated rings. The zero-order valence-corrected chi connectivity index (χ0v) is 15.1. The van der Waals surface area contributed by atoms with Crippen LogP contribution < -0.4 is 0 Å². The quantitative estimate of drug-likeness (QED) is 0.544. The molecule has 0 aromatic heterocycles. The van der Waals surface area contributed by atoms with Crippen molar-refractivity contribution in [3.05, 3.63) is 0 Å². The van der Waals surface area contributed by atoms with Gasteiger partial charge in [-0.25, -0.2) is 0 Å². The van der Waals surface area contributed by atoms with Gasteiger partial charge in [0, 0.05) is 0 Å². The van der Waals surface area contributed by atoms with Crippen LogP contribution >= 0.6 is 12.6 Å². The molecule has 0 aromatic rings. The van der Waals surface area contributed by atoms with Crippen molar-refractivity contribution in [1.82, 2.24) is 0 Å². The van der Waals surface area contributed by atoms with E-state index in [1.165, 1.54) is 0 Å². The average Bonchev–Trinajstić information content (AvgIpc) is 2.29. The molecule has 19 heavy (non-hydrogen) atoms. The van der Waals surface area contributed by atoms with Crippen LogP contribution in [0.15, 0.2) is 0 Å². The Labute approximate surface area is 119 Å². The van der Waals surface area contributed by atoms with E-state index in [1.54, 1.807) is 0 Å². The van der Waals surface area contributed by atoms with Crippen LogP contribution in [0.2, 0.25) is 0 Å². The van der Waals surface area contributed by atoms with E-state index >= 15 is 0 Å². The van der Waals surface area contributed by atoms with Crippen molar-refractivity contribution in [2.75, 3.05) is 26.4 Å². The summed E-state index contributed by atoms with van der Waals surface area (Å²) in [6, 6.07) is 0. The van der Waals surface area contributed by atoms with Crippen molar-refractivity contribution in [2.24, 2.45) is 10.8 Å². The first kappa shape index (κ1) is 16.2. The maximum atomic E-state index is 12.4. The number of hydrogen-bond acceptors (Lipinski definition) is 6. The van der Waals surface area contributed by atoms with Gasteiger partial charge in [-0.3, -0.25) is 0 Å². The Balaban J connectivity index is 1.98. The first-order valence-corrected chi connectivity index (χ1v) is 13.5. The third-order valence-electron chi connectivity index (χ3n) is 2.65. The van der Waals surface area contributed by atoms with E-state index in [1.807, 2.05) is 27.7 Å². The molecule has 0 amide bonds. The molecule has 0 radical (unpaired) electrons. The van der Waals surface area contributed by atoms with Gasteiger partial charge >= 0.3 is 119 Å². The van der Waals surface area contributed by atoms with Gasteiger partial charge in [-0.15, -0.1) is 0 Å². The van der Waals surface area contributed by atoms with Gasteiger partial charge in [-0.05, 0) is 0 Å². The molecule has 0 saturated carbocycles. The fraction of sp³-hybridized carbons (Fsp3) is 1.00. The van der Waals surface area contributed by atoms with E-state index in [2.05, 4.69) is 0 Å². The summed E-state index contributed by atoms with van der Waals surface area (Å²) in [6.45, 7) is 9.16. The van der Waals surface area contributed by atoms with Crippen LogP contribution in [-0.2, 0) is 27.2 Å². The molecular weight excluding hydrogens is 357 g/mol. The van der Waals surface area contributed by atoms with Crippen molar-refractivity contribution >= 4 is 26.6 Å². The van der Waals surface area contributed by atoms with Crippen molar-refractivity contribution in [3.8, 4) is 0 Å². The summed E-state index contributed by atoms with van der Waals surface area (Å²) in [4.78, 5) is 0. The van der Waals surface area contributed by atoms with E-state index in [0.717, 1.165) is 0 Å². The third kappa shape index (κ3) is 4.39. The van der Waals surface area contributed by atoms with Crippen LogP contribution in [-0.4, -0.2) is 40.5 Å². The summed E-state index contributed by atoms with van der Waals surface area (Å²) >= 11 is -0.951. The van der Waals surface area contributed by atoms with Crippen molar-refractivity contribution in [2.45, 2.75) is 27.7 Å². The molecule has 0 N–H and O–H groups in total. The van der Waals surface area contributed by atoms with Crippen LogP contribution in [0.4, 0.5) is 0 Å². The van der Waals surface area contributed by atoms with Crippen molar-refractivity contribution in [1.29, 1.82) is 0 Å². The molecule has 2 aliphatic heterocycles. The predicted molar refractivity (Wildman–Crippen MR) is 72.3 cm³/mol. The van der Waals surface area contributed by atoms with Crippen LogP contribution in [0.25, 0.3) is 0 Å². The Morgan fingerprint density at radius 1 is 0.737 bits per heavy atom. The van der Waals surface area contributed by atoms with Gasteiger partial charge < -0.3 is 0 Å². The first-order valence-electron chi connectivity index (χ1n) is 6.03. The molecule has 2 aliphatic rings. The van der Waals surface area contributed by atoms with Crippen molar-refractivity contribution < 1.29 is 27.2 Å². The van der Waals surface area contributed by atoms with Crippen LogP contribution in [0.1, 0.15) is 27.7 Å². The fourth-order valence-corrected chi connectivity index (χ4v) is 14.8. The Morgan fingerprint density at radius 2 is 1.00 bits per heavy atom. The maximum absolute atomic E-state index is 12.4. The van der Waals surface area contributed by atoms with Gasteiger partial charge in [0.2, 0.25) is 0 Å². The van der Waals surface area contributed by atoms with Gasteiger partial charge in [0.25, 0.3) is 0 Å². The molecule has 6 nitrogen and oxygen atoms in total. The molecule has 0 aromatic carbocycles. The van der Waals surface area contributed by atoms with Crippen LogP contribution in [0.5, 0.6) is 0 Å². The molecular formula is C10H20O6P2Se. The van der Waals surface area contributed by atoms with E-state index in [9.17, 15) is 9.13 Å². The minimum atomic E-state index is -3.32. The fourth-order valence-electron chi connectivity index (χ4n) is 1.39. The number of hydrogen-bond donors (Lipinski definition) is 0. The minimum absolute atomic E-state index is 0.172. The second-order valence-electron chi connectivity index (χ2n) is 6.40. The summed E-state index contributed by atoms with van der Waals surface area (Å²) < 4.78 is 46.1. The number of rotatable bonds is 2. The van der Waals surface area contributed by atoms with Crippen molar-refractivity contribution in [3.63, 3.8) is 0 Å². The average molecular weight is 377 g/mol. The zero-order valence-electron chi connectivity index (χ0n) is 11.6. The van der Waals surface area contributed by atoms with E-state index in [4.69, 9.17) is 18.1 Å². The van der Waals surface area contributed by atoms with E-state index < -0.39 is 26.6 Å². The van der Waals surface area contributed by atoms with Gasteiger partial charge in [0.1, 0.15) is 0 Å². The predicted octanol–water partition coefficient (Wildman–Crippen LogP) is 3.05. The zero-order chi connectivity index (χ0) is 14.4. The van der Waals surface area contributed by atoms with Gasteiger partial charge in [-0.1, -0.05) is 0 Å². The van der Waals surface area contributed by atoms with Gasteiger partial charge in [-0.2, -0.15) is 0 Å². The van der Waals surface area contributed by atoms with E-state index in [0.29, 0.717) is 26.4 Å². The molecule has 112 valence electrons. The van der Waals surface area contributed by atoms with E-state index in [-0.39, 0.29) is 10.8 Å². The summed E-state index contributed by atoms with van der Waals surface area (Å²) in [5.74, 6) is 0. The Hall–Kier alpha value is 0.819. The Kier molecular flexibility index (Phi) is 4.45. The summed E-state index contributed by atoms with van der Waals surface area (Å²) in [6.07, 6.45) is -6.64. The molecule has 0 spiro atoms. The molecule has 0 bridgehead atoms. The standard InChI is InChI=1S/C10H20O6P2Se/c1-9(2)5-13-17(11,14-6-9)19-18(12)15-7-10(3,4)8-16-18/h5-8H2,1-4H3. The Bertz CT molecular complexity index is 381. The summed E-state index contributed by atoms with van der Waals surface area (Å²) in [5, 5.41) is 0.